The lowest BCUT2D eigenvalue weighted by atomic mass is 9.87. The van der Waals surface area contributed by atoms with Gasteiger partial charge in [0.15, 0.2) is 0 Å². The molecule has 0 spiro atoms. The maximum absolute atomic E-state index is 13.0. The molecule has 2 rings (SSSR count). The summed E-state index contributed by atoms with van der Waals surface area (Å²) < 4.78 is 49.8. The number of halogens is 4. The number of aryl methyl sites for hydroxylation is 1. The van der Waals surface area contributed by atoms with Crippen LogP contribution in [0, 0.1) is 0 Å². The summed E-state index contributed by atoms with van der Waals surface area (Å²) in [6.45, 7) is 9.04. The number of ether oxygens (including phenoxy) is 2. The number of nitrogens with one attached hydrogen (secondary N) is 1. The third-order valence-corrected chi connectivity index (χ3v) is 6.89. The number of amides is 1. The van der Waals surface area contributed by atoms with Crippen LogP contribution in [0.15, 0.2) is 52.3 Å². The van der Waals surface area contributed by atoms with E-state index < -0.39 is 34.9 Å². The van der Waals surface area contributed by atoms with Gasteiger partial charge in [-0.05, 0) is 89.3 Å². The SMILES string of the molecule is CCCC(CCCc1ccc(Sc2cccc(C(F)(F)F)c2)cc1Cl)(NC(=O)OC(C)(C)C)C(=O)OCC. The number of alkyl carbamates (subject to hydrolysis) is 1. The molecule has 210 valence electrons. The topological polar surface area (TPSA) is 64.6 Å². The van der Waals surface area contributed by atoms with Crippen LogP contribution in [-0.2, 0) is 26.9 Å². The molecule has 5 nitrogen and oxygen atoms in total. The number of alkyl halides is 3. The van der Waals surface area contributed by atoms with Gasteiger partial charge < -0.3 is 14.8 Å². The van der Waals surface area contributed by atoms with Crippen molar-refractivity contribution in [1.82, 2.24) is 5.32 Å². The highest BCUT2D eigenvalue weighted by Gasteiger charge is 2.41. The number of hydrogen-bond donors (Lipinski definition) is 1. The molecule has 10 heteroatoms. The lowest BCUT2D eigenvalue weighted by Gasteiger charge is -2.33. The van der Waals surface area contributed by atoms with Crippen molar-refractivity contribution in [3.63, 3.8) is 0 Å². The Bertz CT molecular complexity index is 1100. The monoisotopic (exact) mass is 573 g/mol. The maximum atomic E-state index is 13.0. The fraction of sp³-hybridized carbons (Fsp3) is 0.500. The Kier molecular flexibility index (Phi) is 11.4. The van der Waals surface area contributed by atoms with Crippen molar-refractivity contribution in [1.29, 1.82) is 0 Å². The highest BCUT2D eigenvalue weighted by molar-refractivity contribution is 7.99. The molecular formula is C28H35ClF3NO4S. The predicted molar refractivity (Wildman–Crippen MR) is 144 cm³/mol. The first-order valence-electron chi connectivity index (χ1n) is 12.5. The molecule has 0 bridgehead atoms. The average Bonchev–Trinajstić information content (AvgIpc) is 2.79. The number of carbonyl (C=O) groups is 2. The fourth-order valence-corrected chi connectivity index (χ4v) is 5.20. The van der Waals surface area contributed by atoms with Crippen molar-refractivity contribution in [2.24, 2.45) is 0 Å². The predicted octanol–water partition coefficient (Wildman–Crippen LogP) is 8.46. The van der Waals surface area contributed by atoms with E-state index in [1.165, 1.54) is 17.8 Å². The summed E-state index contributed by atoms with van der Waals surface area (Å²) in [5, 5.41) is 3.24. The number of hydrogen-bond acceptors (Lipinski definition) is 5. The van der Waals surface area contributed by atoms with Crippen molar-refractivity contribution >= 4 is 35.4 Å². The van der Waals surface area contributed by atoms with E-state index in [0.717, 1.165) is 17.7 Å². The lowest BCUT2D eigenvalue weighted by Crippen LogP contribution is -2.56. The minimum Gasteiger partial charge on any atom is -0.464 e. The molecule has 2 aromatic rings. The Morgan fingerprint density at radius 3 is 2.26 bits per heavy atom. The third kappa shape index (κ3) is 9.73. The molecule has 0 heterocycles. The van der Waals surface area contributed by atoms with Gasteiger partial charge in [-0.3, -0.25) is 0 Å². The molecule has 1 N–H and O–H groups in total. The van der Waals surface area contributed by atoms with Crippen LogP contribution in [0.3, 0.4) is 0 Å². The van der Waals surface area contributed by atoms with Gasteiger partial charge in [0, 0.05) is 14.8 Å². The van der Waals surface area contributed by atoms with Gasteiger partial charge in [0.25, 0.3) is 0 Å². The third-order valence-electron chi connectivity index (χ3n) is 5.55. The summed E-state index contributed by atoms with van der Waals surface area (Å²) in [4.78, 5) is 26.7. The molecule has 0 radical (unpaired) electrons. The van der Waals surface area contributed by atoms with Crippen molar-refractivity contribution in [2.45, 2.75) is 93.8 Å². The van der Waals surface area contributed by atoms with Gasteiger partial charge in [-0.2, -0.15) is 13.2 Å². The van der Waals surface area contributed by atoms with Crippen molar-refractivity contribution in [2.75, 3.05) is 6.61 Å². The highest BCUT2D eigenvalue weighted by Crippen LogP contribution is 2.36. The van der Waals surface area contributed by atoms with E-state index in [-0.39, 0.29) is 6.61 Å². The Morgan fingerprint density at radius 2 is 1.68 bits per heavy atom. The molecule has 0 aliphatic heterocycles. The van der Waals surface area contributed by atoms with Gasteiger partial charge in [0.05, 0.1) is 12.2 Å². The molecule has 1 unspecified atom stereocenters. The standard InChI is InChI=1S/C28H35ClF3NO4S/c1-6-15-27(24(34)36-7-2,33-25(35)37-26(3,4)5)16-9-10-19-13-14-22(18-23(19)29)38-21-12-8-11-20(17-21)28(30,31)32/h8,11-14,17-18H,6-7,9-10,15-16H2,1-5H3,(H,33,35). The van der Waals surface area contributed by atoms with Gasteiger partial charge in [-0.15, -0.1) is 0 Å². The minimum absolute atomic E-state index is 0.178. The summed E-state index contributed by atoms with van der Waals surface area (Å²) >= 11 is 7.69. The molecule has 0 saturated carbocycles. The van der Waals surface area contributed by atoms with Gasteiger partial charge in [0.1, 0.15) is 11.1 Å². The van der Waals surface area contributed by atoms with E-state index in [4.69, 9.17) is 21.1 Å². The first-order valence-corrected chi connectivity index (χ1v) is 13.7. The Balaban J connectivity index is 2.14. The van der Waals surface area contributed by atoms with E-state index in [1.54, 1.807) is 45.9 Å². The van der Waals surface area contributed by atoms with Crippen LogP contribution >= 0.6 is 23.4 Å². The second-order valence-electron chi connectivity index (χ2n) is 9.91. The zero-order chi connectivity index (χ0) is 28.6. The second kappa shape index (κ2) is 13.6. The second-order valence-corrected chi connectivity index (χ2v) is 11.5. The van der Waals surface area contributed by atoms with E-state index in [2.05, 4.69) is 5.32 Å². The van der Waals surface area contributed by atoms with Gasteiger partial charge >= 0.3 is 18.2 Å². The fourth-order valence-electron chi connectivity index (χ4n) is 3.95. The first-order chi connectivity index (χ1) is 17.7. The molecule has 0 aliphatic carbocycles. The summed E-state index contributed by atoms with van der Waals surface area (Å²) in [6, 6.07) is 10.5. The van der Waals surface area contributed by atoms with Gasteiger partial charge in [-0.25, -0.2) is 9.59 Å². The van der Waals surface area contributed by atoms with Gasteiger partial charge in [0.2, 0.25) is 0 Å². The van der Waals surface area contributed by atoms with E-state index in [1.807, 2.05) is 13.0 Å². The minimum atomic E-state index is -4.41. The molecule has 1 amide bonds. The van der Waals surface area contributed by atoms with Crippen molar-refractivity contribution in [3.8, 4) is 0 Å². The first kappa shape index (κ1) is 31.8. The van der Waals surface area contributed by atoms with E-state index >= 15 is 0 Å². The Labute approximate surface area is 231 Å². The zero-order valence-electron chi connectivity index (χ0n) is 22.3. The van der Waals surface area contributed by atoms with Crippen LogP contribution in [0.4, 0.5) is 18.0 Å². The largest absolute Gasteiger partial charge is 0.464 e. The average molecular weight is 574 g/mol. The smallest absolute Gasteiger partial charge is 0.416 e. The van der Waals surface area contributed by atoms with Crippen LogP contribution in [0.1, 0.15) is 71.4 Å². The zero-order valence-corrected chi connectivity index (χ0v) is 23.9. The van der Waals surface area contributed by atoms with Crippen molar-refractivity contribution < 1.29 is 32.2 Å². The highest BCUT2D eigenvalue weighted by atomic mass is 35.5. The molecule has 0 saturated heterocycles. The van der Waals surface area contributed by atoms with E-state index in [9.17, 15) is 22.8 Å². The Hall–Kier alpha value is -2.39. The molecule has 0 fully saturated rings. The molecule has 0 aliphatic rings. The van der Waals surface area contributed by atoms with Crippen LogP contribution < -0.4 is 5.32 Å². The lowest BCUT2D eigenvalue weighted by molar-refractivity contribution is -0.152. The maximum Gasteiger partial charge on any atom is 0.416 e. The van der Waals surface area contributed by atoms with Crippen LogP contribution in [-0.4, -0.2) is 29.8 Å². The Morgan fingerprint density at radius 1 is 1.00 bits per heavy atom. The van der Waals surface area contributed by atoms with Crippen molar-refractivity contribution in [3.05, 3.63) is 58.6 Å². The molecule has 0 aromatic heterocycles. The van der Waals surface area contributed by atoms with Crippen LogP contribution in [0.2, 0.25) is 5.02 Å². The van der Waals surface area contributed by atoms with E-state index in [0.29, 0.717) is 46.9 Å². The number of benzene rings is 2. The van der Waals surface area contributed by atoms with Crippen LogP contribution in [0.25, 0.3) is 0 Å². The summed E-state index contributed by atoms with van der Waals surface area (Å²) in [6.07, 6.45) is -2.72. The summed E-state index contributed by atoms with van der Waals surface area (Å²) in [7, 11) is 0. The van der Waals surface area contributed by atoms with Crippen LogP contribution in [0.5, 0.6) is 0 Å². The molecule has 1 atom stereocenters. The molecular weight excluding hydrogens is 539 g/mol. The quantitative estimate of drug-likeness (QED) is 0.273. The number of rotatable bonds is 11. The molecule has 38 heavy (non-hydrogen) atoms. The summed E-state index contributed by atoms with van der Waals surface area (Å²) in [5.74, 6) is -0.508. The number of esters is 1. The van der Waals surface area contributed by atoms with Gasteiger partial charge in [-0.1, -0.05) is 48.8 Å². The summed E-state index contributed by atoms with van der Waals surface area (Å²) in [5.41, 5.74) is -1.84. The molecule has 2 aromatic carbocycles. The normalized spacial score (nSPS) is 13.5. The number of carbonyl (C=O) groups excluding carboxylic acids is 2.